The van der Waals surface area contributed by atoms with Gasteiger partial charge in [-0.05, 0) is 23.8 Å². The van der Waals surface area contributed by atoms with Crippen molar-refractivity contribution in [3.8, 4) is 5.75 Å². The molecule has 1 N–H and O–H groups in total. The largest absolute Gasteiger partial charge is 0.496 e. The fraction of sp³-hybridized carbons (Fsp3) is 0.105. The highest BCUT2D eigenvalue weighted by Crippen LogP contribution is 2.22. The molecule has 0 aliphatic rings. The molecule has 0 aliphatic heterocycles. The van der Waals surface area contributed by atoms with Crippen LogP contribution in [0.1, 0.15) is 21.6 Å². The maximum Gasteiger partial charge on any atom is 0.320 e. The molecule has 0 saturated heterocycles. The summed E-state index contributed by atoms with van der Waals surface area (Å²) in [6, 6.07) is 10.8. The molecule has 2 aromatic carbocycles. The van der Waals surface area contributed by atoms with Crippen molar-refractivity contribution in [3.05, 3.63) is 90.2 Å². The van der Waals surface area contributed by atoms with Gasteiger partial charge >= 0.3 is 5.69 Å². The number of rotatable bonds is 8. The predicted molar refractivity (Wildman–Crippen MR) is 117 cm³/mol. The summed E-state index contributed by atoms with van der Waals surface area (Å²) < 4.78 is 7.18. The third kappa shape index (κ3) is 5.31. The van der Waals surface area contributed by atoms with Gasteiger partial charge in [0, 0.05) is 22.2 Å². The van der Waals surface area contributed by atoms with Gasteiger partial charge in [0.2, 0.25) is 5.69 Å². The van der Waals surface area contributed by atoms with Gasteiger partial charge in [-0.3, -0.25) is 29.7 Å². The topological polar surface area (TPSA) is 155 Å². The summed E-state index contributed by atoms with van der Waals surface area (Å²) in [6.07, 6.45) is 2.44. The second-order valence-corrected chi connectivity index (χ2v) is 7.24. The number of methoxy groups -OCH3 is 1. The summed E-state index contributed by atoms with van der Waals surface area (Å²) >= 11 is 3.32. The van der Waals surface area contributed by atoms with Gasteiger partial charge < -0.3 is 4.74 Å². The van der Waals surface area contributed by atoms with Crippen molar-refractivity contribution in [1.29, 1.82) is 0 Å². The van der Waals surface area contributed by atoms with Crippen LogP contribution in [0.3, 0.4) is 0 Å². The molecule has 0 saturated carbocycles. The second kappa shape index (κ2) is 9.78. The first-order chi connectivity index (χ1) is 15.3. The van der Waals surface area contributed by atoms with Gasteiger partial charge in [0.1, 0.15) is 11.9 Å². The van der Waals surface area contributed by atoms with Gasteiger partial charge in [-0.15, -0.1) is 0 Å². The zero-order valence-electron chi connectivity index (χ0n) is 16.5. The van der Waals surface area contributed by atoms with E-state index in [1.54, 1.807) is 18.2 Å². The summed E-state index contributed by atoms with van der Waals surface area (Å²) in [5, 5.41) is 29.9. The number of ether oxygens (including phenoxy) is 1. The minimum atomic E-state index is -0.871. The maximum atomic E-state index is 12.4. The molecule has 0 radical (unpaired) electrons. The lowest BCUT2D eigenvalue weighted by Crippen LogP contribution is -2.19. The number of benzene rings is 2. The van der Waals surface area contributed by atoms with Gasteiger partial charge in [0.05, 0.1) is 29.7 Å². The molecule has 13 heteroatoms. The van der Waals surface area contributed by atoms with Crippen LogP contribution in [0.4, 0.5) is 11.4 Å². The number of aromatic nitrogens is 2. The molecule has 0 bridgehead atoms. The SMILES string of the molecule is COc1ccc(Br)cc1C=NNC(=O)c1nn(Cc2ccc([N+](=O)[O-])cc2)cc1[N+](=O)[O-]. The molecule has 1 heterocycles. The van der Waals surface area contributed by atoms with E-state index in [1.165, 1.54) is 42.3 Å². The molecule has 0 spiro atoms. The van der Waals surface area contributed by atoms with Crippen molar-refractivity contribution in [3.63, 3.8) is 0 Å². The molecule has 3 aromatic rings. The Balaban J connectivity index is 1.77. The number of hydrogen-bond acceptors (Lipinski definition) is 8. The predicted octanol–water partition coefficient (Wildman–Crippen LogP) is 3.28. The summed E-state index contributed by atoms with van der Waals surface area (Å²) in [7, 11) is 1.49. The second-order valence-electron chi connectivity index (χ2n) is 6.33. The Hall–Kier alpha value is -4.13. The van der Waals surface area contributed by atoms with E-state index < -0.39 is 27.1 Å². The first kappa shape index (κ1) is 22.6. The highest BCUT2D eigenvalue weighted by atomic mass is 79.9. The van der Waals surface area contributed by atoms with Gasteiger partial charge in [-0.1, -0.05) is 28.1 Å². The summed E-state index contributed by atoms with van der Waals surface area (Å²) in [6.45, 7) is 0.0740. The molecule has 164 valence electrons. The van der Waals surface area contributed by atoms with Crippen molar-refractivity contribution in [2.45, 2.75) is 6.54 Å². The van der Waals surface area contributed by atoms with E-state index in [9.17, 15) is 25.0 Å². The Morgan fingerprint density at radius 3 is 2.56 bits per heavy atom. The molecule has 0 aliphatic carbocycles. The van der Waals surface area contributed by atoms with E-state index >= 15 is 0 Å². The lowest BCUT2D eigenvalue weighted by Gasteiger charge is -2.04. The Morgan fingerprint density at radius 2 is 1.94 bits per heavy atom. The molecule has 0 unspecified atom stereocenters. The van der Waals surface area contributed by atoms with Crippen molar-refractivity contribution >= 4 is 39.4 Å². The van der Waals surface area contributed by atoms with E-state index in [1.807, 2.05) is 0 Å². The molecule has 0 atom stereocenters. The lowest BCUT2D eigenvalue weighted by atomic mass is 10.2. The highest BCUT2D eigenvalue weighted by molar-refractivity contribution is 9.10. The van der Waals surface area contributed by atoms with Crippen molar-refractivity contribution in [2.75, 3.05) is 7.11 Å². The smallest absolute Gasteiger partial charge is 0.320 e. The standard InChI is InChI=1S/C19H15BrN6O6/c1-32-17-7-4-14(20)8-13(17)9-21-22-19(27)18-16(26(30)31)11-24(23-18)10-12-2-5-15(6-3-12)25(28)29/h2-9,11H,10H2,1H3,(H,22,27). The number of halogens is 1. The molecule has 0 fully saturated rings. The Bertz CT molecular complexity index is 1210. The zero-order chi connectivity index (χ0) is 23.3. The quantitative estimate of drug-likeness (QED) is 0.281. The number of nitro groups is 2. The van der Waals surface area contributed by atoms with E-state index in [0.29, 0.717) is 16.9 Å². The van der Waals surface area contributed by atoms with Crippen LogP contribution in [0.5, 0.6) is 5.75 Å². The first-order valence-electron chi connectivity index (χ1n) is 8.90. The van der Waals surface area contributed by atoms with Gasteiger partial charge in [0.15, 0.2) is 0 Å². The van der Waals surface area contributed by atoms with Crippen LogP contribution in [-0.2, 0) is 6.54 Å². The fourth-order valence-electron chi connectivity index (χ4n) is 2.72. The Kier molecular flexibility index (Phi) is 6.90. The monoisotopic (exact) mass is 502 g/mol. The molecule has 1 aromatic heterocycles. The molecule has 1 amide bonds. The van der Waals surface area contributed by atoms with Gasteiger partial charge in [0.25, 0.3) is 11.6 Å². The van der Waals surface area contributed by atoms with Crippen LogP contribution in [0, 0.1) is 20.2 Å². The van der Waals surface area contributed by atoms with Crippen LogP contribution >= 0.6 is 15.9 Å². The lowest BCUT2D eigenvalue weighted by molar-refractivity contribution is -0.385. The fourth-order valence-corrected chi connectivity index (χ4v) is 3.10. The molecule has 12 nitrogen and oxygen atoms in total. The van der Waals surface area contributed by atoms with E-state index in [2.05, 4.69) is 31.6 Å². The minimum Gasteiger partial charge on any atom is -0.496 e. The number of hydrogen-bond donors (Lipinski definition) is 1. The Morgan fingerprint density at radius 1 is 1.22 bits per heavy atom. The Labute approximate surface area is 188 Å². The number of nitrogens with one attached hydrogen (secondary N) is 1. The first-order valence-corrected chi connectivity index (χ1v) is 9.70. The normalized spacial score (nSPS) is 10.8. The molecular formula is C19H15BrN6O6. The number of amides is 1. The van der Waals surface area contributed by atoms with Gasteiger partial charge in [-0.25, -0.2) is 5.43 Å². The van der Waals surface area contributed by atoms with Gasteiger partial charge in [-0.2, -0.15) is 10.2 Å². The van der Waals surface area contributed by atoms with Crippen LogP contribution < -0.4 is 10.2 Å². The highest BCUT2D eigenvalue weighted by Gasteiger charge is 2.25. The number of carbonyl (C=O) groups excluding carboxylic acids is 1. The van der Waals surface area contributed by atoms with Crippen molar-refractivity contribution in [2.24, 2.45) is 5.10 Å². The third-order valence-electron chi connectivity index (χ3n) is 4.21. The van der Waals surface area contributed by atoms with Crippen molar-refractivity contribution in [1.82, 2.24) is 15.2 Å². The third-order valence-corrected chi connectivity index (χ3v) is 4.70. The number of non-ortho nitro benzene ring substituents is 1. The number of nitro benzene ring substituents is 1. The van der Waals surface area contributed by atoms with E-state index in [-0.39, 0.29) is 12.2 Å². The average Bonchev–Trinajstić information content (AvgIpc) is 3.18. The van der Waals surface area contributed by atoms with Crippen LogP contribution in [0.15, 0.2) is 58.2 Å². The number of hydrazone groups is 1. The molecular weight excluding hydrogens is 488 g/mol. The van der Waals surface area contributed by atoms with Crippen LogP contribution in [0.2, 0.25) is 0 Å². The van der Waals surface area contributed by atoms with Crippen LogP contribution in [-0.4, -0.2) is 38.9 Å². The number of carbonyl (C=O) groups is 1. The molecule has 32 heavy (non-hydrogen) atoms. The summed E-state index contributed by atoms with van der Waals surface area (Å²) in [5.41, 5.74) is 2.39. The minimum absolute atomic E-state index is 0.0740. The summed E-state index contributed by atoms with van der Waals surface area (Å²) in [5.74, 6) is -0.353. The van der Waals surface area contributed by atoms with Crippen LogP contribution in [0.25, 0.3) is 0 Å². The summed E-state index contributed by atoms with van der Waals surface area (Å²) in [4.78, 5) is 33.3. The number of nitrogens with zero attached hydrogens (tertiary/aromatic N) is 5. The zero-order valence-corrected chi connectivity index (χ0v) is 18.1. The van der Waals surface area contributed by atoms with E-state index in [4.69, 9.17) is 4.74 Å². The maximum absolute atomic E-state index is 12.4. The van der Waals surface area contributed by atoms with Crippen molar-refractivity contribution < 1.29 is 19.4 Å². The average molecular weight is 503 g/mol. The molecule has 3 rings (SSSR count). The van der Waals surface area contributed by atoms with E-state index in [0.717, 1.165) is 10.7 Å².